The van der Waals surface area contributed by atoms with Crippen LogP contribution in [0.1, 0.15) is 24.1 Å². The van der Waals surface area contributed by atoms with Crippen molar-refractivity contribution in [2.45, 2.75) is 19.4 Å². The fourth-order valence-electron chi connectivity index (χ4n) is 2.74. The summed E-state index contributed by atoms with van der Waals surface area (Å²) in [6.07, 6.45) is 0.645. The number of ether oxygens (including phenoxy) is 2. The van der Waals surface area contributed by atoms with Crippen LogP contribution in [0.2, 0.25) is 10.0 Å². The Kier molecular flexibility index (Phi) is 6.12. The van der Waals surface area contributed by atoms with Gasteiger partial charge in [0.1, 0.15) is 13.2 Å². The van der Waals surface area contributed by atoms with Crippen molar-refractivity contribution in [3.8, 4) is 11.5 Å². The standard InChI is InChI=1S/C19H20Cl2N2O3/c1-12(14-2-3-17-18(10-14)26-7-6-25-17)23-19(24)22-5-4-13-8-15(20)11-16(21)9-13/h2-3,8-12H,4-7H2,1H3,(H2,22,23,24). The maximum atomic E-state index is 12.1. The normalized spacial score (nSPS) is 13.8. The summed E-state index contributed by atoms with van der Waals surface area (Å²) in [4.78, 5) is 12.1. The molecule has 1 heterocycles. The molecular formula is C19H20Cl2N2O3. The van der Waals surface area contributed by atoms with Crippen LogP contribution >= 0.6 is 23.2 Å². The molecule has 0 radical (unpaired) electrons. The monoisotopic (exact) mass is 394 g/mol. The fourth-order valence-corrected chi connectivity index (χ4v) is 3.31. The third-order valence-electron chi connectivity index (χ3n) is 4.04. The molecule has 1 aliphatic heterocycles. The number of rotatable bonds is 5. The van der Waals surface area contributed by atoms with Gasteiger partial charge < -0.3 is 20.1 Å². The largest absolute Gasteiger partial charge is 0.486 e. The van der Waals surface area contributed by atoms with E-state index in [1.165, 1.54) is 0 Å². The van der Waals surface area contributed by atoms with Gasteiger partial charge in [-0.15, -0.1) is 0 Å². The number of amides is 2. The van der Waals surface area contributed by atoms with Crippen molar-refractivity contribution < 1.29 is 14.3 Å². The molecule has 1 atom stereocenters. The highest BCUT2D eigenvalue weighted by Gasteiger charge is 2.15. The summed E-state index contributed by atoms with van der Waals surface area (Å²) in [7, 11) is 0. The first-order valence-corrected chi connectivity index (χ1v) is 9.16. The number of urea groups is 1. The molecule has 0 saturated carbocycles. The average Bonchev–Trinajstić information content (AvgIpc) is 2.60. The zero-order chi connectivity index (χ0) is 18.5. The summed E-state index contributed by atoms with van der Waals surface area (Å²) in [5.74, 6) is 1.44. The molecule has 2 N–H and O–H groups in total. The molecule has 2 amide bonds. The number of fused-ring (bicyclic) bond motifs is 1. The van der Waals surface area contributed by atoms with Gasteiger partial charge in [-0.2, -0.15) is 0 Å². The number of carbonyl (C=O) groups excluding carboxylic acids is 1. The fraction of sp³-hybridized carbons (Fsp3) is 0.316. The van der Waals surface area contributed by atoms with Crippen LogP contribution in [0.15, 0.2) is 36.4 Å². The third-order valence-corrected chi connectivity index (χ3v) is 4.47. The van der Waals surface area contributed by atoms with E-state index >= 15 is 0 Å². The summed E-state index contributed by atoms with van der Waals surface area (Å²) in [6, 6.07) is 10.6. The average molecular weight is 395 g/mol. The van der Waals surface area contributed by atoms with E-state index in [0.717, 1.165) is 16.9 Å². The van der Waals surface area contributed by atoms with Crippen molar-refractivity contribution in [1.82, 2.24) is 10.6 Å². The Balaban J connectivity index is 1.49. The quantitative estimate of drug-likeness (QED) is 0.791. The van der Waals surface area contributed by atoms with Gasteiger partial charge in [-0.3, -0.25) is 0 Å². The van der Waals surface area contributed by atoms with E-state index in [0.29, 0.717) is 42.0 Å². The summed E-state index contributed by atoms with van der Waals surface area (Å²) >= 11 is 12.0. The Morgan fingerprint density at radius 3 is 2.50 bits per heavy atom. The van der Waals surface area contributed by atoms with Gasteiger partial charge in [0.05, 0.1) is 6.04 Å². The van der Waals surface area contributed by atoms with Crippen LogP contribution in [0, 0.1) is 0 Å². The van der Waals surface area contributed by atoms with Crippen molar-refractivity contribution in [2.24, 2.45) is 0 Å². The van der Waals surface area contributed by atoms with E-state index in [1.54, 1.807) is 6.07 Å². The molecule has 3 rings (SSSR count). The summed E-state index contributed by atoms with van der Waals surface area (Å²) in [5.41, 5.74) is 1.92. The minimum Gasteiger partial charge on any atom is -0.486 e. The molecule has 138 valence electrons. The number of benzene rings is 2. The summed E-state index contributed by atoms with van der Waals surface area (Å²) in [6.45, 7) is 3.49. The molecule has 0 spiro atoms. The van der Waals surface area contributed by atoms with Crippen molar-refractivity contribution in [1.29, 1.82) is 0 Å². The van der Waals surface area contributed by atoms with Crippen LogP contribution in [-0.4, -0.2) is 25.8 Å². The molecule has 0 saturated heterocycles. The van der Waals surface area contributed by atoms with E-state index in [1.807, 2.05) is 37.3 Å². The molecule has 0 bridgehead atoms. The summed E-state index contributed by atoms with van der Waals surface area (Å²) in [5, 5.41) is 6.93. The zero-order valence-electron chi connectivity index (χ0n) is 14.4. The predicted molar refractivity (Wildman–Crippen MR) is 103 cm³/mol. The van der Waals surface area contributed by atoms with Crippen LogP contribution in [0.3, 0.4) is 0 Å². The molecule has 1 aliphatic rings. The minimum atomic E-state index is -0.236. The van der Waals surface area contributed by atoms with Crippen molar-refractivity contribution >= 4 is 29.2 Å². The maximum Gasteiger partial charge on any atom is 0.315 e. The maximum absolute atomic E-state index is 12.1. The zero-order valence-corrected chi connectivity index (χ0v) is 15.9. The highest BCUT2D eigenvalue weighted by molar-refractivity contribution is 6.34. The van der Waals surface area contributed by atoms with Crippen LogP contribution in [0.4, 0.5) is 4.79 Å². The minimum absolute atomic E-state index is 0.161. The van der Waals surface area contributed by atoms with E-state index in [9.17, 15) is 4.79 Å². The van der Waals surface area contributed by atoms with Gasteiger partial charge in [0.15, 0.2) is 11.5 Å². The van der Waals surface area contributed by atoms with Crippen LogP contribution < -0.4 is 20.1 Å². The highest BCUT2D eigenvalue weighted by Crippen LogP contribution is 2.32. The van der Waals surface area contributed by atoms with E-state index in [4.69, 9.17) is 32.7 Å². The van der Waals surface area contributed by atoms with Crippen molar-refractivity contribution in [3.05, 3.63) is 57.6 Å². The molecule has 0 fully saturated rings. The number of hydrogen-bond acceptors (Lipinski definition) is 3. The Bertz CT molecular complexity index is 778. The Morgan fingerprint density at radius 1 is 1.08 bits per heavy atom. The van der Waals surface area contributed by atoms with Crippen molar-refractivity contribution in [3.63, 3.8) is 0 Å². The number of hydrogen-bond donors (Lipinski definition) is 2. The molecule has 2 aromatic rings. The van der Waals surface area contributed by atoms with Gasteiger partial charge in [0, 0.05) is 16.6 Å². The number of halogens is 2. The molecule has 0 aliphatic carbocycles. The van der Waals surface area contributed by atoms with E-state index in [-0.39, 0.29) is 12.1 Å². The van der Waals surface area contributed by atoms with Gasteiger partial charge >= 0.3 is 6.03 Å². The molecule has 1 unspecified atom stereocenters. The van der Waals surface area contributed by atoms with Gasteiger partial charge in [-0.05, 0) is 54.8 Å². The molecule has 5 nitrogen and oxygen atoms in total. The van der Waals surface area contributed by atoms with Gasteiger partial charge in [-0.25, -0.2) is 4.79 Å². The lowest BCUT2D eigenvalue weighted by atomic mass is 10.1. The smallest absolute Gasteiger partial charge is 0.315 e. The number of nitrogens with one attached hydrogen (secondary N) is 2. The molecular weight excluding hydrogens is 375 g/mol. The first-order valence-electron chi connectivity index (χ1n) is 8.40. The topological polar surface area (TPSA) is 59.6 Å². The number of carbonyl (C=O) groups is 1. The van der Waals surface area contributed by atoms with Crippen LogP contribution in [0.5, 0.6) is 11.5 Å². The van der Waals surface area contributed by atoms with Crippen LogP contribution in [-0.2, 0) is 6.42 Å². The second-order valence-electron chi connectivity index (χ2n) is 6.05. The lowest BCUT2D eigenvalue weighted by Crippen LogP contribution is -2.38. The van der Waals surface area contributed by atoms with E-state index in [2.05, 4.69) is 10.6 Å². The lowest BCUT2D eigenvalue weighted by Gasteiger charge is -2.21. The Morgan fingerprint density at radius 2 is 1.77 bits per heavy atom. The van der Waals surface area contributed by atoms with Crippen LogP contribution in [0.25, 0.3) is 0 Å². The van der Waals surface area contributed by atoms with Crippen molar-refractivity contribution in [2.75, 3.05) is 19.8 Å². The second-order valence-corrected chi connectivity index (χ2v) is 6.93. The first-order chi connectivity index (χ1) is 12.5. The second kappa shape index (κ2) is 8.52. The molecule has 7 heteroatoms. The van der Waals surface area contributed by atoms with Gasteiger partial charge in [-0.1, -0.05) is 29.3 Å². The first kappa shape index (κ1) is 18.7. The SMILES string of the molecule is CC(NC(=O)NCCc1cc(Cl)cc(Cl)c1)c1ccc2c(c1)OCCO2. The molecule has 26 heavy (non-hydrogen) atoms. The van der Waals surface area contributed by atoms with Gasteiger partial charge in [0.25, 0.3) is 0 Å². The molecule has 0 aromatic heterocycles. The van der Waals surface area contributed by atoms with E-state index < -0.39 is 0 Å². The summed E-state index contributed by atoms with van der Waals surface area (Å²) < 4.78 is 11.1. The predicted octanol–water partition coefficient (Wildman–Crippen LogP) is 4.37. The molecule has 2 aromatic carbocycles. The lowest BCUT2D eigenvalue weighted by molar-refractivity contribution is 0.171. The van der Waals surface area contributed by atoms with Gasteiger partial charge in [0.2, 0.25) is 0 Å². The Hall–Kier alpha value is -2.11. The third kappa shape index (κ3) is 4.96. The Labute approximate surface area is 162 Å². The highest BCUT2D eigenvalue weighted by atomic mass is 35.5.